The Labute approximate surface area is 134 Å². The second-order valence-corrected chi connectivity index (χ2v) is 7.03. The summed E-state index contributed by atoms with van der Waals surface area (Å²) in [6.45, 7) is 9.02. The van der Waals surface area contributed by atoms with Gasteiger partial charge < -0.3 is 12.4 Å². The highest BCUT2D eigenvalue weighted by atomic mass is 35.5. The lowest BCUT2D eigenvalue weighted by molar-refractivity contribution is -1.16. The number of carbonyl (C=O) groups excluding carboxylic acids is 1. The molecule has 1 aliphatic rings. The van der Waals surface area contributed by atoms with Gasteiger partial charge in [-0.05, 0) is 34.1 Å². The lowest BCUT2D eigenvalue weighted by atomic mass is 9.82. The number of ketones is 1. The Hall–Kier alpha value is -0.900. The van der Waals surface area contributed by atoms with Gasteiger partial charge in [0.1, 0.15) is 11.1 Å². The highest BCUT2D eigenvalue weighted by Crippen LogP contribution is 2.23. The average Bonchev–Trinajstić information content (AvgIpc) is 2.37. The van der Waals surface area contributed by atoms with Crippen molar-refractivity contribution in [3.05, 3.63) is 35.9 Å². The molecule has 1 N–H and O–H groups in total. The molecule has 0 aromatic heterocycles. The van der Waals surface area contributed by atoms with Crippen LogP contribution in [0, 0.1) is 0 Å². The Morgan fingerprint density at radius 1 is 1.10 bits per heavy atom. The molecule has 2 rings (SSSR count). The molecule has 0 aliphatic carbocycles. The molecule has 0 radical (unpaired) electrons. The van der Waals surface area contributed by atoms with Crippen molar-refractivity contribution >= 4 is 5.78 Å². The number of hydrogen-bond acceptors (Lipinski definition) is 2. The third-order valence-corrected chi connectivity index (χ3v) is 4.28. The van der Waals surface area contributed by atoms with E-state index in [1.165, 1.54) is 6.42 Å². The van der Waals surface area contributed by atoms with Gasteiger partial charge in [0.25, 0.3) is 0 Å². The van der Waals surface area contributed by atoms with Gasteiger partial charge in [0, 0.05) is 18.4 Å². The highest BCUT2D eigenvalue weighted by molar-refractivity contribution is 5.96. The van der Waals surface area contributed by atoms with Crippen molar-refractivity contribution in [2.75, 3.05) is 6.61 Å². The molecule has 0 unspecified atom stereocenters. The van der Waals surface area contributed by atoms with E-state index in [9.17, 15) is 4.79 Å². The first-order valence-electron chi connectivity index (χ1n) is 7.42. The van der Waals surface area contributed by atoms with Crippen LogP contribution in [0.4, 0.5) is 0 Å². The van der Waals surface area contributed by atoms with E-state index in [0.29, 0.717) is 0 Å². The second kappa shape index (κ2) is 6.91. The molecule has 1 aromatic rings. The van der Waals surface area contributed by atoms with Crippen LogP contribution < -0.4 is 17.5 Å². The molecule has 0 amide bonds. The minimum atomic E-state index is 0. The molecule has 1 heterocycles. The Morgan fingerprint density at radius 2 is 1.62 bits per heavy atom. The summed E-state index contributed by atoms with van der Waals surface area (Å²) in [6, 6.07) is 9.37. The van der Waals surface area contributed by atoms with Crippen LogP contribution in [0.2, 0.25) is 0 Å². The number of quaternary nitrogens is 1. The summed E-state index contributed by atoms with van der Waals surface area (Å²) >= 11 is 0. The van der Waals surface area contributed by atoms with Crippen LogP contribution in [0.3, 0.4) is 0 Å². The lowest BCUT2D eigenvalue weighted by Crippen LogP contribution is -3.25. The first-order chi connectivity index (χ1) is 9.33. The summed E-state index contributed by atoms with van der Waals surface area (Å²) in [7, 11) is 0. The maximum atomic E-state index is 12.2. The average molecular weight is 312 g/mol. The first kappa shape index (κ1) is 18.1. The topological polar surface area (TPSA) is 30.7 Å². The third-order valence-electron chi connectivity index (χ3n) is 4.28. The molecule has 21 heavy (non-hydrogen) atoms. The van der Waals surface area contributed by atoms with Gasteiger partial charge >= 0.3 is 0 Å². The first-order valence-corrected chi connectivity index (χ1v) is 7.42. The summed E-state index contributed by atoms with van der Waals surface area (Å²) < 4.78 is 0. The van der Waals surface area contributed by atoms with Crippen LogP contribution in [0.15, 0.2) is 30.3 Å². The summed E-state index contributed by atoms with van der Waals surface area (Å²) in [5, 5.41) is 1.08. The van der Waals surface area contributed by atoms with E-state index in [2.05, 4.69) is 27.7 Å². The van der Waals surface area contributed by atoms with Crippen molar-refractivity contribution in [1.82, 2.24) is 0 Å². The quantitative estimate of drug-likeness (QED) is 0.755. The number of halogens is 1. The highest BCUT2D eigenvalue weighted by Gasteiger charge is 2.47. The predicted molar refractivity (Wildman–Crippen MR) is 79.7 cm³/mol. The van der Waals surface area contributed by atoms with E-state index < -0.39 is 0 Å². The maximum absolute atomic E-state index is 12.2. The van der Waals surface area contributed by atoms with Crippen molar-refractivity contribution in [3.63, 3.8) is 0 Å². The maximum Gasteiger partial charge on any atom is 0.194 e. The van der Waals surface area contributed by atoms with Crippen molar-refractivity contribution in [2.45, 2.75) is 58.0 Å². The van der Waals surface area contributed by atoms with Crippen molar-refractivity contribution < 1.29 is 27.1 Å². The minimum absolute atomic E-state index is 0. The molecular formula is C17H26ClNO2. The van der Waals surface area contributed by atoms with Gasteiger partial charge in [-0.1, -0.05) is 30.3 Å². The minimum Gasteiger partial charge on any atom is -1.00 e. The number of nitrogens with one attached hydrogen (secondary N) is 1. The zero-order valence-corrected chi connectivity index (χ0v) is 14.2. The monoisotopic (exact) mass is 311 g/mol. The molecule has 0 bridgehead atoms. The third kappa shape index (κ3) is 4.29. The van der Waals surface area contributed by atoms with Crippen LogP contribution in [0.25, 0.3) is 0 Å². The SMILES string of the molecule is CC1(C)CCCC(C)(C)[NH+]1OCC(=O)c1ccccc1.[Cl-]. The zero-order chi connectivity index (χ0) is 14.8. The van der Waals surface area contributed by atoms with E-state index in [4.69, 9.17) is 4.84 Å². The Bertz CT molecular complexity index is 455. The summed E-state index contributed by atoms with van der Waals surface area (Å²) in [4.78, 5) is 18.2. The fraction of sp³-hybridized carbons (Fsp3) is 0.588. The Morgan fingerprint density at radius 3 is 2.14 bits per heavy atom. The number of hydrogen-bond donors (Lipinski definition) is 1. The number of carbonyl (C=O) groups is 1. The fourth-order valence-electron chi connectivity index (χ4n) is 3.35. The van der Waals surface area contributed by atoms with Crippen LogP contribution >= 0.6 is 0 Å². The molecule has 1 saturated heterocycles. The van der Waals surface area contributed by atoms with Crippen LogP contribution in [-0.2, 0) is 4.84 Å². The molecule has 1 fully saturated rings. The normalized spacial score (nSPS) is 20.6. The molecule has 3 nitrogen and oxygen atoms in total. The number of Topliss-reactive ketones (excluding diaryl/α,β-unsaturated/α-hetero) is 1. The van der Waals surface area contributed by atoms with Gasteiger partial charge in [-0.3, -0.25) is 4.79 Å². The van der Waals surface area contributed by atoms with Crippen LogP contribution in [0.5, 0.6) is 0 Å². The molecule has 4 heteroatoms. The van der Waals surface area contributed by atoms with Gasteiger partial charge in [-0.2, -0.15) is 9.90 Å². The molecular weight excluding hydrogens is 286 g/mol. The van der Waals surface area contributed by atoms with Gasteiger partial charge in [-0.15, -0.1) is 0 Å². The predicted octanol–water partition coefficient (Wildman–Crippen LogP) is -0.569. The van der Waals surface area contributed by atoms with Gasteiger partial charge in [0.2, 0.25) is 0 Å². The summed E-state index contributed by atoms with van der Waals surface area (Å²) in [5.74, 6) is 0.0512. The van der Waals surface area contributed by atoms with Crippen molar-refractivity contribution in [3.8, 4) is 0 Å². The molecule has 118 valence electrons. The number of hydroxylamine groups is 2. The Kier molecular flexibility index (Phi) is 5.97. The van der Waals surface area contributed by atoms with E-state index in [0.717, 1.165) is 23.5 Å². The number of benzene rings is 1. The zero-order valence-electron chi connectivity index (χ0n) is 13.4. The summed E-state index contributed by atoms with van der Waals surface area (Å²) in [5.41, 5.74) is 0.830. The largest absolute Gasteiger partial charge is 1.00 e. The van der Waals surface area contributed by atoms with Gasteiger partial charge in [0.05, 0.1) is 0 Å². The Balaban J connectivity index is 0.00000220. The van der Waals surface area contributed by atoms with Crippen molar-refractivity contribution in [1.29, 1.82) is 0 Å². The van der Waals surface area contributed by atoms with E-state index in [1.807, 2.05) is 30.3 Å². The lowest BCUT2D eigenvalue weighted by Gasteiger charge is -2.46. The molecule has 0 saturated carbocycles. The van der Waals surface area contributed by atoms with Gasteiger partial charge in [-0.25, -0.2) is 0 Å². The number of piperidine rings is 1. The van der Waals surface area contributed by atoms with Crippen molar-refractivity contribution in [2.24, 2.45) is 0 Å². The fourth-order valence-corrected chi connectivity index (χ4v) is 3.35. The molecule has 1 aromatic carbocycles. The van der Waals surface area contributed by atoms with E-state index in [1.54, 1.807) is 0 Å². The summed E-state index contributed by atoms with van der Waals surface area (Å²) in [6.07, 6.45) is 3.48. The molecule has 1 aliphatic heterocycles. The standard InChI is InChI=1S/C17H25NO2.ClH/c1-16(2)11-8-12-17(3,4)18(16)20-13-15(19)14-9-6-5-7-10-14;/h5-7,9-10H,8,11-13H2,1-4H3;1H. The molecule has 0 atom stereocenters. The van der Waals surface area contributed by atoms with Gasteiger partial charge in [0.15, 0.2) is 12.4 Å². The smallest absolute Gasteiger partial charge is 0.194 e. The second-order valence-electron chi connectivity index (χ2n) is 7.03. The van der Waals surface area contributed by atoms with E-state index in [-0.39, 0.29) is 35.9 Å². The van der Waals surface area contributed by atoms with Crippen LogP contribution in [-0.4, -0.2) is 23.5 Å². The van der Waals surface area contributed by atoms with E-state index >= 15 is 0 Å². The van der Waals surface area contributed by atoms with Crippen LogP contribution in [0.1, 0.15) is 57.3 Å². The molecule has 0 spiro atoms. The number of rotatable bonds is 4.